The molecule has 0 aliphatic rings. The molecule has 0 unspecified atom stereocenters. The van der Waals surface area contributed by atoms with Gasteiger partial charge in [0.15, 0.2) is 0 Å². The molecular weight excluding hydrogens is 653 g/mol. The van der Waals surface area contributed by atoms with E-state index in [0.29, 0.717) is 11.1 Å². The Morgan fingerprint density at radius 2 is 0.704 bits per heavy atom. The molecule has 0 atom stereocenters. The number of hydrogen-bond acceptors (Lipinski definition) is 0. The van der Waals surface area contributed by atoms with Crippen molar-refractivity contribution < 1.29 is 8.22 Å². The molecule has 0 radical (unpaired) electrons. The average Bonchev–Trinajstić information content (AvgIpc) is 3.75. The Kier molecular flexibility index (Phi) is 6.06. The van der Waals surface area contributed by atoms with Gasteiger partial charge in [-0.05, 0) is 144 Å². The zero-order valence-corrected chi connectivity index (χ0v) is 30.1. The van der Waals surface area contributed by atoms with E-state index in [1.54, 1.807) is 12.1 Å². The first kappa shape index (κ1) is 26.2. The van der Waals surface area contributed by atoms with Gasteiger partial charge in [0.1, 0.15) is 0 Å². The summed E-state index contributed by atoms with van der Waals surface area (Å²) in [6.45, 7) is -0.594. The fraction of sp³-hybridized carbons (Fsp3) is 0.0769. The summed E-state index contributed by atoms with van der Waals surface area (Å²) in [5, 5.41) is 4.68. The van der Waals surface area contributed by atoms with Crippen molar-refractivity contribution in [2.24, 2.45) is 0 Å². The fourth-order valence-corrected chi connectivity index (χ4v) is 8.11. The van der Waals surface area contributed by atoms with Crippen LogP contribution in [-0.4, -0.2) is 9.13 Å². The van der Waals surface area contributed by atoms with Gasteiger partial charge in [-0.2, -0.15) is 0 Å². The van der Waals surface area contributed by atoms with Crippen LogP contribution in [0.4, 0.5) is 0 Å². The van der Waals surface area contributed by atoms with Crippen molar-refractivity contribution >= 4 is 43.6 Å². The molecule has 54 heavy (non-hydrogen) atoms. The summed E-state index contributed by atoms with van der Waals surface area (Å²) in [6, 6.07) is 58.6. The molecule has 0 saturated carbocycles. The van der Waals surface area contributed by atoms with E-state index < -0.39 is 13.7 Å². The Morgan fingerprint density at radius 3 is 1.19 bits per heavy atom. The van der Waals surface area contributed by atoms with E-state index >= 15 is 0 Å². The van der Waals surface area contributed by atoms with Crippen molar-refractivity contribution in [1.82, 2.24) is 9.13 Å². The lowest BCUT2D eigenvalue weighted by atomic mass is 10.00. The summed E-state index contributed by atoms with van der Waals surface area (Å²) in [6.07, 6.45) is 0. The Morgan fingerprint density at radius 1 is 0.315 bits per heavy atom. The number of rotatable bonds is 5. The Bertz CT molecular complexity index is 3290. The molecule has 0 spiro atoms. The first-order valence-electron chi connectivity index (χ1n) is 21.3. The van der Waals surface area contributed by atoms with E-state index in [4.69, 9.17) is 8.22 Å². The monoisotopic (exact) mass is 698 g/mol. The number of para-hydroxylation sites is 2. The van der Waals surface area contributed by atoms with Gasteiger partial charge in [-0.1, -0.05) is 109 Å². The van der Waals surface area contributed by atoms with Gasteiger partial charge in [0.25, 0.3) is 0 Å². The predicted octanol–water partition coefficient (Wildman–Crippen LogP) is 14.1. The van der Waals surface area contributed by atoms with Gasteiger partial charge in [-0.25, -0.2) is 0 Å². The number of nitrogens with zero attached hydrogens (tertiary/aromatic N) is 2. The lowest BCUT2D eigenvalue weighted by Gasteiger charge is -2.11. The lowest BCUT2D eigenvalue weighted by Crippen LogP contribution is -1.94. The molecule has 258 valence electrons. The second-order valence-electron chi connectivity index (χ2n) is 14.3. The molecule has 2 heteroatoms. The molecule has 10 aromatic rings. The Labute approximate surface area is 324 Å². The Balaban J connectivity index is 1.02. The van der Waals surface area contributed by atoms with E-state index in [-0.39, 0.29) is 0 Å². The first-order valence-corrected chi connectivity index (χ1v) is 18.3. The molecule has 2 heterocycles. The maximum atomic E-state index is 7.99. The number of aromatic nitrogens is 2. The van der Waals surface area contributed by atoms with Crippen LogP contribution < -0.4 is 0 Å². The molecule has 2 nitrogen and oxygen atoms in total. The van der Waals surface area contributed by atoms with Crippen LogP contribution in [0.3, 0.4) is 0 Å². The molecule has 0 saturated heterocycles. The van der Waals surface area contributed by atoms with E-state index in [9.17, 15) is 0 Å². The van der Waals surface area contributed by atoms with E-state index in [0.717, 1.165) is 77.9 Å². The molecule has 0 aliphatic carbocycles. The second-order valence-corrected chi connectivity index (χ2v) is 14.3. The maximum absolute atomic E-state index is 7.99. The van der Waals surface area contributed by atoms with Crippen molar-refractivity contribution in [3.8, 4) is 44.8 Å². The van der Waals surface area contributed by atoms with Crippen molar-refractivity contribution in [2.45, 2.75) is 27.6 Å². The SMILES string of the molecule is [2H]C([2H])([2H])c1ccc(-c2ccc(-n3c4ccccc4c4cc(-c5ccc6c(c5)c5ccccc5n6-c5ccc(-c6ccc(C)c(C([2H])([2H])[2H])c6)cc5)ccc43)cc2)cc1C. The van der Waals surface area contributed by atoms with Crippen LogP contribution in [0.1, 0.15) is 30.5 Å². The average molecular weight is 699 g/mol. The smallest absolute Gasteiger partial charge is 0.0541 e. The zero-order chi connectivity index (χ0) is 41.5. The molecular formula is C52H40N2. The fourth-order valence-electron chi connectivity index (χ4n) is 8.11. The highest BCUT2D eigenvalue weighted by molar-refractivity contribution is 6.12. The molecule has 2 aromatic heterocycles. The highest BCUT2D eigenvalue weighted by Gasteiger charge is 2.16. The highest BCUT2D eigenvalue weighted by atomic mass is 15.0. The summed E-state index contributed by atoms with van der Waals surface area (Å²) in [5.74, 6) is 0. The highest BCUT2D eigenvalue weighted by Crippen LogP contribution is 2.39. The van der Waals surface area contributed by atoms with Crippen LogP contribution in [0.15, 0.2) is 170 Å². The van der Waals surface area contributed by atoms with Gasteiger partial charge >= 0.3 is 0 Å². The third kappa shape index (κ3) is 5.17. The minimum absolute atomic E-state index is 0.382. The minimum Gasteiger partial charge on any atom is -0.309 e. The molecule has 0 fully saturated rings. The van der Waals surface area contributed by atoms with Crippen molar-refractivity contribution in [3.63, 3.8) is 0 Å². The van der Waals surface area contributed by atoms with Gasteiger partial charge < -0.3 is 9.13 Å². The van der Waals surface area contributed by atoms with Gasteiger partial charge in [-0.15, -0.1) is 0 Å². The third-order valence-electron chi connectivity index (χ3n) is 11.1. The summed E-state index contributed by atoms with van der Waals surface area (Å²) in [4.78, 5) is 0. The van der Waals surface area contributed by atoms with Gasteiger partial charge in [0.05, 0.1) is 22.1 Å². The number of aryl methyl sites for hydroxylation is 4. The van der Waals surface area contributed by atoms with E-state index in [2.05, 4.69) is 143 Å². The number of fused-ring (bicyclic) bond motifs is 6. The third-order valence-corrected chi connectivity index (χ3v) is 11.1. The molecule has 8 aromatic carbocycles. The topological polar surface area (TPSA) is 9.86 Å². The first-order chi connectivity index (χ1) is 28.8. The quantitative estimate of drug-likeness (QED) is 0.169. The summed E-state index contributed by atoms with van der Waals surface area (Å²) in [5.41, 5.74) is 15.0. The summed E-state index contributed by atoms with van der Waals surface area (Å²) in [7, 11) is 0. The van der Waals surface area contributed by atoms with Gasteiger partial charge in [-0.3, -0.25) is 0 Å². The lowest BCUT2D eigenvalue weighted by molar-refractivity contribution is 1.18. The van der Waals surface area contributed by atoms with Crippen molar-refractivity contribution in [2.75, 3.05) is 0 Å². The van der Waals surface area contributed by atoms with Crippen molar-refractivity contribution in [3.05, 3.63) is 192 Å². The number of benzene rings is 8. The van der Waals surface area contributed by atoms with Gasteiger partial charge in [0.2, 0.25) is 0 Å². The van der Waals surface area contributed by atoms with Gasteiger partial charge in [0, 0.05) is 41.1 Å². The normalized spacial score (nSPS) is 13.8. The number of hydrogen-bond donors (Lipinski definition) is 0. The zero-order valence-electron chi connectivity index (χ0n) is 36.1. The van der Waals surface area contributed by atoms with Crippen LogP contribution in [0, 0.1) is 27.6 Å². The Hall–Kier alpha value is -6.64. The van der Waals surface area contributed by atoms with Crippen molar-refractivity contribution in [1.29, 1.82) is 0 Å². The van der Waals surface area contributed by atoms with Crippen LogP contribution in [0.2, 0.25) is 0 Å². The molecule has 0 N–H and O–H groups in total. The summed E-state index contributed by atoms with van der Waals surface area (Å²) < 4.78 is 52.1. The standard InChI is InChI=1S/C52H40N2/c1-33-13-15-39(29-35(33)3)37-17-23-43(24-18-37)53-49-11-7-5-9-45(49)47-31-41(21-27-51(47)53)42-22-28-52-48(32-42)46-10-6-8-12-50(46)54(52)44-25-19-38(20-26-44)40-16-14-34(2)36(4)30-40/h5-32H,1-4H3/i1D3,4D3. The molecule has 0 aliphatic heterocycles. The summed E-state index contributed by atoms with van der Waals surface area (Å²) >= 11 is 0. The largest absolute Gasteiger partial charge is 0.309 e. The predicted molar refractivity (Wildman–Crippen MR) is 230 cm³/mol. The second kappa shape index (κ2) is 12.5. The van der Waals surface area contributed by atoms with E-state index in [1.807, 2.05) is 38.1 Å². The maximum Gasteiger partial charge on any atom is 0.0541 e. The molecule has 0 bridgehead atoms. The minimum atomic E-state index is -2.16. The van der Waals surface area contributed by atoms with Crippen LogP contribution in [0.25, 0.3) is 88.4 Å². The molecule has 0 amide bonds. The van der Waals surface area contributed by atoms with Crippen LogP contribution in [0.5, 0.6) is 0 Å². The van der Waals surface area contributed by atoms with Crippen LogP contribution >= 0.6 is 0 Å². The molecule has 10 rings (SSSR count). The van der Waals surface area contributed by atoms with E-state index in [1.165, 1.54) is 21.5 Å². The van der Waals surface area contributed by atoms with Crippen LogP contribution in [-0.2, 0) is 0 Å².